The van der Waals surface area contributed by atoms with Crippen molar-refractivity contribution in [2.24, 2.45) is 5.92 Å². The number of nitrogens with zero attached hydrogens (tertiary/aromatic N) is 1. The second kappa shape index (κ2) is 4.15. The highest BCUT2D eigenvalue weighted by Crippen LogP contribution is 2.31. The average molecular weight is 231 g/mol. The maximum atomic E-state index is 12.2. The number of ketones is 1. The van der Waals surface area contributed by atoms with E-state index >= 15 is 0 Å². The maximum absolute atomic E-state index is 12.2. The number of para-hydroxylation sites is 1. The Labute approximate surface area is 101 Å². The number of aromatic hydroxyl groups is 1. The molecule has 0 aromatic heterocycles. The summed E-state index contributed by atoms with van der Waals surface area (Å²) in [6.45, 7) is 2.07. The van der Waals surface area contributed by atoms with E-state index in [1.807, 2.05) is 18.2 Å². The van der Waals surface area contributed by atoms with Crippen LogP contribution in [0.25, 0.3) is 0 Å². The number of phenolic OH excluding ortho intramolecular Hbond substituents is 1. The number of piperidine rings is 3. The molecule has 4 rings (SSSR count). The van der Waals surface area contributed by atoms with Gasteiger partial charge in [0, 0.05) is 5.92 Å². The zero-order chi connectivity index (χ0) is 11.8. The first-order chi connectivity index (χ1) is 8.25. The Hall–Kier alpha value is -1.35. The normalized spacial score (nSPS) is 31.8. The van der Waals surface area contributed by atoms with Gasteiger partial charge in [-0.05, 0) is 44.0 Å². The van der Waals surface area contributed by atoms with Crippen LogP contribution in [0.15, 0.2) is 24.3 Å². The molecule has 3 saturated heterocycles. The van der Waals surface area contributed by atoms with Crippen molar-refractivity contribution >= 4 is 5.78 Å². The lowest BCUT2D eigenvalue weighted by atomic mass is 9.80. The van der Waals surface area contributed by atoms with E-state index in [0.717, 1.165) is 31.5 Å². The molecule has 1 atom stereocenters. The molecule has 1 N–H and O–H groups in total. The Morgan fingerprint density at radius 1 is 1.24 bits per heavy atom. The van der Waals surface area contributed by atoms with Crippen molar-refractivity contribution in [1.82, 2.24) is 4.90 Å². The molecule has 3 fully saturated rings. The summed E-state index contributed by atoms with van der Waals surface area (Å²) in [5.74, 6) is 0.963. The summed E-state index contributed by atoms with van der Waals surface area (Å²) in [7, 11) is 0. The SMILES string of the molecule is O=C1C2CCN(CC2)[C@H]1Cc1ccccc1O. The minimum Gasteiger partial charge on any atom is -0.508 e. The van der Waals surface area contributed by atoms with Gasteiger partial charge in [0.05, 0.1) is 6.04 Å². The number of hydrogen-bond acceptors (Lipinski definition) is 3. The van der Waals surface area contributed by atoms with Crippen molar-refractivity contribution in [1.29, 1.82) is 0 Å². The lowest BCUT2D eigenvalue weighted by Crippen LogP contribution is -2.56. The number of fused-ring (bicyclic) bond motifs is 3. The van der Waals surface area contributed by atoms with E-state index < -0.39 is 0 Å². The highest BCUT2D eigenvalue weighted by atomic mass is 16.3. The van der Waals surface area contributed by atoms with Gasteiger partial charge in [0.2, 0.25) is 0 Å². The fourth-order valence-corrected chi connectivity index (χ4v) is 3.07. The molecule has 3 nitrogen and oxygen atoms in total. The largest absolute Gasteiger partial charge is 0.508 e. The zero-order valence-corrected chi connectivity index (χ0v) is 9.80. The quantitative estimate of drug-likeness (QED) is 0.840. The highest BCUT2D eigenvalue weighted by Gasteiger charge is 2.40. The molecular formula is C14H17NO2. The number of Topliss-reactive ketones (excluding diaryl/α,β-unsaturated/α-hetero) is 1. The van der Waals surface area contributed by atoms with Crippen LogP contribution < -0.4 is 0 Å². The van der Waals surface area contributed by atoms with Gasteiger partial charge in [0.25, 0.3) is 0 Å². The number of phenols is 1. The molecule has 2 bridgehead atoms. The fourth-order valence-electron chi connectivity index (χ4n) is 3.07. The third kappa shape index (κ3) is 1.84. The van der Waals surface area contributed by atoms with Crippen molar-refractivity contribution in [3.05, 3.63) is 29.8 Å². The van der Waals surface area contributed by atoms with E-state index in [1.54, 1.807) is 6.07 Å². The van der Waals surface area contributed by atoms with Crippen molar-refractivity contribution in [2.45, 2.75) is 25.3 Å². The molecule has 0 saturated carbocycles. The lowest BCUT2D eigenvalue weighted by Gasteiger charge is -2.44. The van der Waals surface area contributed by atoms with Crippen LogP contribution in [0.2, 0.25) is 0 Å². The Bertz CT molecular complexity index is 436. The van der Waals surface area contributed by atoms with Gasteiger partial charge in [-0.25, -0.2) is 0 Å². The van der Waals surface area contributed by atoms with Crippen molar-refractivity contribution in [2.75, 3.05) is 13.1 Å². The first kappa shape index (κ1) is 10.8. The van der Waals surface area contributed by atoms with Crippen molar-refractivity contribution in [3.63, 3.8) is 0 Å². The molecule has 0 amide bonds. The standard InChI is InChI=1S/C14H17NO2/c16-13-4-2-1-3-11(13)9-12-14(17)10-5-7-15(12)8-6-10/h1-4,10,12,16H,5-9H2/t12-/m0/s1. The number of benzene rings is 1. The summed E-state index contributed by atoms with van der Waals surface area (Å²) in [6.07, 6.45) is 2.70. The van der Waals surface area contributed by atoms with Gasteiger partial charge in [-0.3, -0.25) is 9.69 Å². The summed E-state index contributed by atoms with van der Waals surface area (Å²) in [6, 6.07) is 7.32. The fraction of sp³-hybridized carbons (Fsp3) is 0.500. The van der Waals surface area contributed by atoms with Gasteiger partial charge in [0.1, 0.15) is 5.75 Å². The van der Waals surface area contributed by atoms with E-state index in [2.05, 4.69) is 4.90 Å². The Kier molecular flexibility index (Phi) is 2.63. The van der Waals surface area contributed by atoms with Gasteiger partial charge in [-0.1, -0.05) is 18.2 Å². The monoisotopic (exact) mass is 231 g/mol. The minimum atomic E-state index is -0.00389. The van der Waals surface area contributed by atoms with Gasteiger partial charge in [-0.2, -0.15) is 0 Å². The molecule has 90 valence electrons. The zero-order valence-electron chi connectivity index (χ0n) is 9.80. The Balaban J connectivity index is 1.81. The van der Waals surface area contributed by atoms with Crippen LogP contribution >= 0.6 is 0 Å². The third-order valence-corrected chi connectivity index (χ3v) is 4.11. The number of rotatable bonds is 2. The maximum Gasteiger partial charge on any atom is 0.153 e. The predicted molar refractivity (Wildman–Crippen MR) is 64.9 cm³/mol. The van der Waals surface area contributed by atoms with Crippen LogP contribution in [0, 0.1) is 5.92 Å². The molecule has 0 spiro atoms. The van der Waals surface area contributed by atoms with E-state index in [-0.39, 0.29) is 12.0 Å². The molecule has 0 radical (unpaired) electrons. The van der Waals surface area contributed by atoms with E-state index in [0.29, 0.717) is 18.0 Å². The van der Waals surface area contributed by atoms with Crippen LogP contribution in [-0.2, 0) is 11.2 Å². The van der Waals surface area contributed by atoms with Gasteiger partial charge < -0.3 is 5.11 Å². The van der Waals surface area contributed by atoms with Crippen molar-refractivity contribution in [3.8, 4) is 5.75 Å². The number of hydrogen-bond donors (Lipinski definition) is 1. The van der Waals surface area contributed by atoms with Crippen LogP contribution in [-0.4, -0.2) is 34.9 Å². The third-order valence-electron chi connectivity index (χ3n) is 4.11. The molecule has 0 aliphatic carbocycles. The summed E-state index contributed by atoms with van der Waals surface area (Å²) < 4.78 is 0. The lowest BCUT2D eigenvalue weighted by molar-refractivity contribution is -0.136. The van der Waals surface area contributed by atoms with E-state index in [1.165, 1.54) is 0 Å². The average Bonchev–Trinajstić information content (AvgIpc) is 2.36. The van der Waals surface area contributed by atoms with Gasteiger partial charge in [0.15, 0.2) is 5.78 Å². The van der Waals surface area contributed by atoms with Crippen LogP contribution in [0.1, 0.15) is 18.4 Å². The van der Waals surface area contributed by atoms with E-state index in [9.17, 15) is 9.90 Å². The minimum absolute atomic E-state index is 0.00389. The summed E-state index contributed by atoms with van der Waals surface area (Å²) in [5, 5.41) is 9.77. The van der Waals surface area contributed by atoms with Crippen LogP contribution in [0.4, 0.5) is 0 Å². The van der Waals surface area contributed by atoms with E-state index in [4.69, 9.17) is 0 Å². The van der Waals surface area contributed by atoms with Crippen molar-refractivity contribution < 1.29 is 9.90 Å². The second-order valence-electron chi connectivity index (χ2n) is 5.06. The predicted octanol–water partition coefficient (Wildman–Crippen LogP) is 1.60. The number of carbonyl (C=O) groups is 1. The van der Waals surface area contributed by atoms with Gasteiger partial charge in [-0.15, -0.1) is 0 Å². The summed E-state index contributed by atoms with van der Waals surface area (Å²) in [5.41, 5.74) is 0.887. The first-order valence-electron chi connectivity index (χ1n) is 6.30. The number of carbonyl (C=O) groups excluding carboxylic acids is 1. The first-order valence-corrected chi connectivity index (χ1v) is 6.30. The van der Waals surface area contributed by atoms with Crippen LogP contribution in [0.5, 0.6) is 5.75 Å². The Morgan fingerprint density at radius 2 is 1.94 bits per heavy atom. The molecule has 3 heterocycles. The second-order valence-corrected chi connectivity index (χ2v) is 5.06. The highest BCUT2D eigenvalue weighted by molar-refractivity contribution is 5.88. The molecule has 1 aromatic rings. The van der Waals surface area contributed by atoms with Crippen LogP contribution in [0.3, 0.4) is 0 Å². The summed E-state index contributed by atoms with van der Waals surface area (Å²) in [4.78, 5) is 14.5. The molecular weight excluding hydrogens is 214 g/mol. The smallest absolute Gasteiger partial charge is 0.153 e. The molecule has 3 heteroatoms. The molecule has 3 aliphatic heterocycles. The summed E-state index contributed by atoms with van der Waals surface area (Å²) >= 11 is 0. The topological polar surface area (TPSA) is 40.5 Å². The molecule has 3 aliphatic rings. The molecule has 0 unspecified atom stereocenters. The Morgan fingerprint density at radius 3 is 2.59 bits per heavy atom. The van der Waals surface area contributed by atoms with Gasteiger partial charge >= 0.3 is 0 Å². The molecule has 1 aromatic carbocycles. The molecule has 17 heavy (non-hydrogen) atoms.